The third-order valence-corrected chi connectivity index (χ3v) is 3.03. The maximum atomic E-state index is 12.1. The van der Waals surface area contributed by atoms with E-state index in [1.165, 1.54) is 18.2 Å². The van der Waals surface area contributed by atoms with Crippen LogP contribution >= 0.6 is 0 Å². The fourth-order valence-corrected chi connectivity index (χ4v) is 1.79. The van der Waals surface area contributed by atoms with Crippen molar-refractivity contribution in [2.24, 2.45) is 0 Å². The van der Waals surface area contributed by atoms with E-state index >= 15 is 0 Å². The summed E-state index contributed by atoms with van der Waals surface area (Å²) in [6.07, 6.45) is 0. The van der Waals surface area contributed by atoms with E-state index in [0.717, 1.165) is 5.56 Å². The van der Waals surface area contributed by atoms with Crippen LogP contribution in [0.25, 0.3) is 0 Å². The zero-order valence-corrected chi connectivity index (χ0v) is 11.1. The summed E-state index contributed by atoms with van der Waals surface area (Å²) in [6.45, 7) is 3.50. The summed E-state index contributed by atoms with van der Waals surface area (Å²) < 4.78 is 0. The molecule has 2 aromatic rings. The van der Waals surface area contributed by atoms with Crippen LogP contribution in [-0.2, 0) is 0 Å². The van der Waals surface area contributed by atoms with Gasteiger partial charge in [0.2, 0.25) is 0 Å². The minimum absolute atomic E-state index is 0.169. The first-order chi connectivity index (χ1) is 9.38. The van der Waals surface area contributed by atoms with E-state index in [4.69, 9.17) is 0 Å². The molecule has 0 saturated heterocycles. The molecule has 0 heterocycles. The normalized spacial score (nSPS) is 10.3. The highest BCUT2D eigenvalue weighted by Crippen LogP contribution is 2.27. The standard InChI is InChI=1S/C15H15NO4/c1-8-6-13(18)9(2)5-11(8)16-15(20)10-3-4-12(17)14(19)7-10/h3-7,17-19H,1-2H3,(H,16,20). The summed E-state index contributed by atoms with van der Waals surface area (Å²) in [7, 11) is 0. The fraction of sp³-hybridized carbons (Fsp3) is 0.133. The number of rotatable bonds is 2. The highest BCUT2D eigenvalue weighted by molar-refractivity contribution is 6.05. The molecule has 1 amide bonds. The number of aromatic hydroxyl groups is 3. The number of carbonyl (C=O) groups excluding carboxylic acids is 1. The Balaban J connectivity index is 2.27. The summed E-state index contributed by atoms with van der Waals surface area (Å²) in [4.78, 5) is 12.1. The van der Waals surface area contributed by atoms with Crippen LogP contribution in [0.4, 0.5) is 5.69 Å². The second-order valence-electron chi connectivity index (χ2n) is 4.61. The molecule has 5 heteroatoms. The summed E-state index contributed by atoms with van der Waals surface area (Å²) in [5.41, 5.74) is 2.19. The summed E-state index contributed by atoms with van der Waals surface area (Å²) in [5.74, 6) is -0.870. The Kier molecular flexibility index (Phi) is 3.52. The molecule has 0 saturated carbocycles. The molecule has 0 bridgehead atoms. The quantitative estimate of drug-likeness (QED) is 0.500. The van der Waals surface area contributed by atoms with Crippen molar-refractivity contribution in [2.45, 2.75) is 13.8 Å². The lowest BCUT2D eigenvalue weighted by atomic mass is 10.1. The maximum absolute atomic E-state index is 12.1. The monoisotopic (exact) mass is 273 g/mol. The highest BCUT2D eigenvalue weighted by Gasteiger charge is 2.11. The second kappa shape index (κ2) is 5.13. The minimum Gasteiger partial charge on any atom is -0.508 e. The van der Waals surface area contributed by atoms with Crippen molar-refractivity contribution in [3.63, 3.8) is 0 Å². The Morgan fingerprint density at radius 3 is 2.25 bits per heavy atom. The van der Waals surface area contributed by atoms with E-state index in [9.17, 15) is 20.1 Å². The van der Waals surface area contributed by atoms with E-state index in [-0.39, 0.29) is 22.8 Å². The summed E-state index contributed by atoms with van der Waals surface area (Å²) in [5, 5.41) is 30.9. The summed E-state index contributed by atoms with van der Waals surface area (Å²) >= 11 is 0. The molecule has 0 radical (unpaired) electrons. The van der Waals surface area contributed by atoms with Gasteiger partial charge in [-0.05, 0) is 55.3 Å². The number of aryl methyl sites for hydroxylation is 2. The molecule has 0 unspecified atom stereocenters. The molecule has 0 atom stereocenters. The van der Waals surface area contributed by atoms with Crippen molar-refractivity contribution in [1.82, 2.24) is 0 Å². The van der Waals surface area contributed by atoms with Crippen molar-refractivity contribution >= 4 is 11.6 Å². The van der Waals surface area contributed by atoms with E-state index < -0.39 is 5.91 Å². The molecule has 0 aromatic heterocycles. The van der Waals surface area contributed by atoms with Gasteiger partial charge in [-0.1, -0.05) is 0 Å². The first-order valence-corrected chi connectivity index (χ1v) is 6.02. The molecule has 2 rings (SSSR count). The molecule has 4 N–H and O–H groups in total. The van der Waals surface area contributed by atoms with Crippen LogP contribution in [-0.4, -0.2) is 21.2 Å². The Bertz CT molecular complexity index is 680. The van der Waals surface area contributed by atoms with E-state index in [0.29, 0.717) is 11.3 Å². The lowest BCUT2D eigenvalue weighted by molar-refractivity contribution is 0.102. The average molecular weight is 273 g/mol. The van der Waals surface area contributed by atoms with Crippen LogP contribution in [0.1, 0.15) is 21.5 Å². The van der Waals surface area contributed by atoms with Crippen molar-refractivity contribution < 1.29 is 20.1 Å². The van der Waals surface area contributed by atoms with Gasteiger partial charge in [0.15, 0.2) is 11.5 Å². The van der Waals surface area contributed by atoms with E-state index in [1.807, 2.05) is 0 Å². The predicted octanol–water partition coefficient (Wildman–Crippen LogP) is 2.67. The molecule has 0 fully saturated rings. The molecule has 20 heavy (non-hydrogen) atoms. The van der Waals surface area contributed by atoms with Gasteiger partial charge in [0, 0.05) is 11.3 Å². The number of phenolic OH excluding ortho intramolecular Hbond substituents is 3. The number of benzene rings is 2. The molecular weight excluding hydrogens is 258 g/mol. The van der Waals surface area contributed by atoms with Crippen LogP contribution < -0.4 is 5.32 Å². The van der Waals surface area contributed by atoms with Crippen LogP contribution in [0.5, 0.6) is 17.2 Å². The Morgan fingerprint density at radius 2 is 1.60 bits per heavy atom. The zero-order chi connectivity index (χ0) is 14.9. The van der Waals surface area contributed by atoms with Gasteiger partial charge < -0.3 is 20.6 Å². The van der Waals surface area contributed by atoms with Gasteiger partial charge >= 0.3 is 0 Å². The average Bonchev–Trinajstić information content (AvgIpc) is 2.39. The topological polar surface area (TPSA) is 89.8 Å². The molecule has 104 valence electrons. The third kappa shape index (κ3) is 2.66. The van der Waals surface area contributed by atoms with Crippen LogP contribution in [0.15, 0.2) is 30.3 Å². The number of phenols is 3. The van der Waals surface area contributed by atoms with E-state index in [1.54, 1.807) is 26.0 Å². The van der Waals surface area contributed by atoms with Crippen molar-refractivity contribution in [3.05, 3.63) is 47.0 Å². The van der Waals surface area contributed by atoms with Gasteiger partial charge in [0.25, 0.3) is 5.91 Å². The molecule has 0 spiro atoms. The third-order valence-electron chi connectivity index (χ3n) is 3.03. The second-order valence-corrected chi connectivity index (χ2v) is 4.61. The van der Waals surface area contributed by atoms with Crippen LogP contribution in [0.2, 0.25) is 0 Å². The lowest BCUT2D eigenvalue weighted by Crippen LogP contribution is -2.12. The molecule has 0 aliphatic heterocycles. The molecular formula is C15H15NO4. The van der Waals surface area contributed by atoms with Crippen molar-refractivity contribution in [2.75, 3.05) is 5.32 Å². The largest absolute Gasteiger partial charge is 0.508 e. The SMILES string of the molecule is Cc1cc(NC(=O)c2ccc(O)c(O)c2)c(C)cc1O. The number of anilines is 1. The molecule has 0 aliphatic rings. The minimum atomic E-state index is -0.409. The first-order valence-electron chi connectivity index (χ1n) is 6.02. The number of hydrogen-bond donors (Lipinski definition) is 4. The van der Waals surface area contributed by atoms with E-state index in [2.05, 4.69) is 5.32 Å². The Morgan fingerprint density at radius 1 is 0.900 bits per heavy atom. The van der Waals surface area contributed by atoms with Crippen LogP contribution in [0.3, 0.4) is 0 Å². The molecule has 5 nitrogen and oxygen atoms in total. The van der Waals surface area contributed by atoms with Gasteiger partial charge in [0.1, 0.15) is 5.75 Å². The number of amides is 1. The smallest absolute Gasteiger partial charge is 0.255 e. The highest BCUT2D eigenvalue weighted by atomic mass is 16.3. The maximum Gasteiger partial charge on any atom is 0.255 e. The van der Waals surface area contributed by atoms with Crippen molar-refractivity contribution in [1.29, 1.82) is 0 Å². The number of nitrogens with one attached hydrogen (secondary N) is 1. The van der Waals surface area contributed by atoms with Gasteiger partial charge in [-0.15, -0.1) is 0 Å². The Labute approximate surface area is 116 Å². The molecule has 0 aliphatic carbocycles. The van der Waals surface area contributed by atoms with Gasteiger partial charge in [0.05, 0.1) is 0 Å². The number of carbonyl (C=O) groups is 1. The first kappa shape index (κ1) is 13.7. The van der Waals surface area contributed by atoms with Gasteiger partial charge in [-0.2, -0.15) is 0 Å². The fourth-order valence-electron chi connectivity index (χ4n) is 1.79. The van der Waals surface area contributed by atoms with Crippen molar-refractivity contribution in [3.8, 4) is 17.2 Å². The zero-order valence-electron chi connectivity index (χ0n) is 11.1. The van der Waals surface area contributed by atoms with Crippen LogP contribution in [0, 0.1) is 13.8 Å². The summed E-state index contributed by atoms with van der Waals surface area (Å²) in [6, 6.07) is 7.08. The lowest BCUT2D eigenvalue weighted by Gasteiger charge is -2.11. The number of hydrogen-bond acceptors (Lipinski definition) is 4. The van der Waals surface area contributed by atoms with Gasteiger partial charge in [-0.3, -0.25) is 4.79 Å². The van der Waals surface area contributed by atoms with Gasteiger partial charge in [-0.25, -0.2) is 0 Å². The Hall–Kier alpha value is -2.69. The predicted molar refractivity (Wildman–Crippen MR) is 75.3 cm³/mol. The molecule has 2 aromatic carbocycles.